The standard InChI is InChI=1S/C26H33N5O2/c1-19-17-24(7-3-20(19)11-12-27)33-23-8-5-22(6-9-23)29-26(32)21-4-10-25(28-18-21)31-15-13-30(2)14-16-31/h3-4,7,10,17-18,22-23H,5-6,8-9,11,13-16H2,1-2H3,(H,29,32)/t22-,23-. The van der Waals surface area contributed by atoms with E-state index in [1.165, 1.54) is 0 Å². The highest BCUT2D eigenvalue weighted by atomic mass is 16.5. The molecule has 1 amide bonds. The van der Waals surface area contributed by atoms with E-state index >= 15 is 0 Å². The number of hydrogen-bond acceptors (Lipinski definition) is 6. The molecule has 1 aliphatic carbocycles. The lowest BCUT2D eigenvalue weighted by atomic mass is 9.92. The van der Waals surface area contributed by atoms with Crippen LogP contribution < -0.4 is 15.0 Å². The van der Waals surface area contributed by atoms with Crippen molar-refractivity contribution in [2.75, 3.05) is 38.1 Å². The maximum absolute atomic E-state index is 12.7. The van der Waals surface area contributed by atoms with Crippen LogP contribution in [0.15, 0.2) is 36.5 Å². The molecule has 7 nitrogen and oxygen atoms in total. The van der Waals surface area contributed by atoms with Crippen LogP contribution in [0.2, 0.25) is 0 Å². The Morgan fingerprint density at radius 1 is 1.15 bits per heavy atom. The average Bonchev–Trinajstić information content (AvgIpc) is 2.83. The fourth-order valence-corrected chi connectivity index (χ4v) is 4.55. The van der Waals surface area contributed by atoms with Crippen LogP contribution in [0.5, 0.6) is 5.75 Å². The second-order valence-corrected chi connectivity index (χ2v) is 9.18. The Bertz CT molecular complexity index is 985. The molecule has 33 heavy (non-hydrogen) atoms. The summed E-state index contributed by atoms with van der Waals surface area (Å²) in [6.07, 6.45) is 5.88. The molecule has 1 saturated heterocycles. The lowest BCUT2D eigenvalue weighted by Crippen LogP contribution is -2.44. The zero-order valence-corrected chi connectivity index (χ0v) is 19.6. The smallest absolute Gasteiger partial charge is 0.253 e. The third-order valence-electron chi connectivity index (χ3n) is 6.73. The monoisotopic (exact) mass is 447 g/mol. The van der Waals surface area contributed by atoms with Gasteiger partial charge < -0.3 is 19.9 Å². The zero-order valence-electron chi connectivity index (χ0n) is 19.6. The Morgan fingerprint density at radius 3 is 2.55 bits per heavy atom. The van der Waals surface area contributed by atoms with Crippen molar-refractivity contribution < 1.29 is 9.53 Å². The highest BCUT2D eigenvalue weighted by Crippen LogP contribution is 2.26. The Labute approximate surface area is 196 Å². The zero-order chi connectivity index (χ0) is 23.2. The van der Waals surface area contributed by atoms with Gasteiger partial charge in [0.25, 0.3) is 5.91 Å². The summed E-state index contributed by atoms with van der Waals surface area (Å²) in [4.78, 5) is 21.8. The molecule has 0 radical (unpaired) electrons. The third kappa shape index (κ3) is 6.02. The first-order valence-corrected chi connectivity index (χ1v) is 11.9. The molecule has 1 N–H and O–H groups in total. The first-order chi connectivity index (χ1) is 16.0. The van der Waals surface area contributed by atoms with Gasteiger partial charge in [0.1, 0.15) is 11.6 Å². The van der Waals surface area contributed by atoms with Crippen molar-refractivity contribution in [2.45, 2.75) is 51.2 Å². The highest BCUT2D eigenvalue weighted by molar-refractivity contribution is 5.94. The first kappa shape index (κ1) is 23.1. The maximum atomic E-state index is 12.7. The Balaban J connectivity index is 1.24. The van der Waals surface area contributed by atoms with Gasteiger partial charge >= 0.3 is 0 Å². The highest BCUT2D eigenvalue weighted by Gasteiger charge is 2.24. The Kier molecular flexibility index (Phi) is 7.46. The SMILES string of the molecule is Cc1cc(O[C@H]2CC[C@H](NC(=O)c3ccc(N4CCN(C)CC4)nc3)CC2)ccc1CC#N. The van der Waals surface area contributed by atoms with Crippen molar-refractivity contribution in [3.8, 4) is 11.8 Å². The van der Waals surface area contributed by atoms with Gasteiger partial charge in [0, 0.05) is 38.4 Å². The summed E-state index contributed by atoms with van der Waals surface area (Å²) in [5, 5.41) is 12.1. The Morgan fingerprint density at radius 2 is 1.91 bits per heavy atom. The molecule has 2 aromatic rings. The molecule has 2 fully saturated rings. The van der Waals surface area contributed by atoms with Gasteiger partial charge in [0.05, 0.1) is 24.2 Å². The predicted octanol–water partition coefficient (Wildman–Crippen LogP) is 3.33. The summed E-state index contributed by atoms with van der Waals surface area (Å²) < 4.78 is 6.17. The molecule has 174 valence electrons. The number of aromatic nitrogens is 1. The number of nitrogens with zero attached hydrogens (tertiary/aromatic N) is 4. The normalized spacial score (nSPS) is 21.3. The van der Waals surface area contributed by atoms with Crippen molar-refractivity contribution in [1.29, 1.82) is 5.26 Å². The van der Waals surface area contributed by atoms with Crippen molar-refractivity contribution >= 4 is 11.7 Å². The lowest BCUT2D eigenvalue weighted by molar-refractivity contribution is 0.0893. The number of piperazine rings is 1. The average molecular weight is 448 g/mol. The van der Waals surface area contributed by atoms with Gasteiger partial charge in [-0.05, 0) is 75.0 Å². The van der Waals surface area contributed by atoms with Crippen molar-refractivity contribution in [3.05, 3.63) is 53.2 Å². The second-order valence-electron chi connectivity index (χ2n) is 9.18. The number of benzene rings is 1. The number of amides is 1. The molecule has 1 aromatic heterocycles. The molecule has 2 aliphatic rings. The largest absolute Gasteiger partial charge is 0.490 e. The second kappa shape index (κ2) is 10.7. The molecule has 1 aromatic carbocycles. The van der Waals surface area contributed by atoms with Crippen LogP contribution in [0.1, 0.15) is 47.2 Å². The van der Waals surface area contributed by atoms with Crippen LogP contribution in [0, 0.1) is 18.3 Å². The Hall–Kier alpha value is -3.11. The fraction of sp³-hybridized carbons (Fsp3) is 0.500. The van der Waals surface area contributed by atoms with Crippen LogP contribution in [0.4, 0.5) is 5.82 Å². The van der Waals surface area contributed by atoms with E-state index in [0.29, 0.717) is 12.0 Å². The van der Waals surface area contributed by atoms with Crippen LogP contribution in [0.3, 0.4) is 0 Å². The number of ether oxygens (including phenoxy) is 1. The summed E-state index contributed by atoms with van der Waals surface area (Å²) in [7, 11) is 2.13. The van der Waals surface area contributed by atoms with E-state index in [2.05, 4.69) is 33.2 Å². The van der Waals surface area contributed by atoms with Gasteiger partial charge in [-0.25, -0.2) is 4.98 Å². The number of anilines is 1. The molecule has 2 heterocycles. The lowest BCUT2D eigenvalue weighted by Gasteiger charge is -2.33. The number of likely N-dealkylation sites (N-methyl/N-ethyl adjacent to an activating group) is 1. The molecule has 1 aliphatic heterocycles. The van der Waals surface area contributed by atoms with Crippen LogP contribution in [0.25, 0.3) is 0 Å². The molecule has 0 spiro atoms. The molecule has 1 saturated carbocycles. The molecule has 0 atom stereocenters. The van der Waals surface area contributed by atoms with E-state index < -0.39 is 0 Å². The van der Waals surface area contributed by atoms with Gasteiger partial charge in [-0.2, -0.15) is 5.26 Å². The number of pyridine rings is 1. The summed E-state index contributed by atoms with van der Waals surface area (Å²) in [5.74, 6) is 1.74. The number of carbonyl (C=O) groups excluding carboxylic acids is 1. The van der Waals surface area contributed by atoms with Gasteiger partial charge in [-0.3, -0.25) is 4.79 Å². The van der Waals surface area contributed by atoms with Gasteiger partial charge in [0.2, 0.25) is 0 Å². The van der Waals surface area contributed by atoms with Crippen LogP contribution in [-0.2, 0) is 6.42 Å². The minimum Gasteiger partial charge on any atom is -0.490 e. The van der Waals surface area contributed by atoms with E-state index in [9.17, 15) is 4.79 Å². The van der Waals surface area contributed by atoms with E-state index in [0.717, 1.165) is 74.6 Å². The minimum atomic E-state index is -0.0551. The number of nitriles is 1. The fourth-order valence-electron chi connectivity index (χ4n) is 4.55. The van der Waals surface area contributed by atoms with Crippen molar-refractivity contribution in [3.63, 3.8) is 0 Å². The minimum absolute atomic E-state index is 0.0551. The van der Waals surface area contributed by atoms with E-state index in [-0.39, 0.29) is 18.1 Å². The molecular weight excluding hydrogens is 414 g/mol. The third-order valence-corrected chi connectivity index (χ3v) is 6.73. The van der Waals surface area contributed by atoms with E-state index in [4.69, 9.17) is 10.00 Å². The first-order valence-electron chi connectivity index (χ1n) is 11.9. The summed E-state index contributed by atoms with van der Waals surface area (Å²) in [5.41, 5.74) is 2.74. The molecule has 0 unspecified atom stereocenters. The maximum Gasteiger partial charge on any atom is 0.253 e. The topological polar surface area (TPSA) is 81.5 Å². The summed E-state index contributed by atoms with van der Waals surface area (Å²) >= 11 is 0. The van der Waals surface area contributed by atoms with Gasteiger partial charge in [-0.1, -0.05) is 6.07 Å². The number of carbonyl (C=O) groups is 1. The molecule has 4 rings (SSSR count). The molecule has 0 bridgehead atoms. The quantitative estimate of drug-likeness (QED) is 0.732. The van der Waals surface area contributed by atoms with E-state index in [1.807, 2.05) is 37.3 Å². The van der Waals surface area contributed by atoms with E-state index in [1.54, 1.807) is 6.20 Å². The predicted molar refractivity (Wildman–Crippen MR) is 129 cm³/mol. The molecule has 7 heteroatoms. The molecular formula is C26H33N5O2. The van der Waals surface area contributed by atoms with Crippen LogP contribution in [-0.4, -0.2) is 61.2 Å². The van der Waals surface area contributed by atoms with Crippen molar-refractivity contribution in [2.24, 2.45) is 0 Å². The van der Waals surface area contributed by atoms with Gasteiger partial charge in [-0.15, -0.1) is 0 Å². The number of hydrogen-bond donors (Lipinski definition) is 1. The number of rotatable bonds is 6. The summed E-state index contributed by atoms with van der Waals surface area (Å²) in [6, 6.07) is 12.1. The number of nitrogens with one attached hydrogen (secondary N) is 1. The number of aryl methyl sites for hydroxylation is 1. The van der Waals surface area contributed by atoms with Gasteiger partial charge in [0.15, 0.2) is 0 Å². The summed E-state index contributed by atoms with van der Waals surface area (Å²) in [6.45, 7) is 6.00. The van der Waals surface area contributed by atoms with Crippen molar-refractivity contribution in [1.82, 2.24) is 15.2 Å². The van der Waals surface area contributed by atoms with Crippen LogP contribution >= 0.6 is 0 Å².